The molecule has 0 saturated heterocycles. The van der Waals surface area contributed by atoms with Crippen molar-refractivity contribution in [2.45, 2.75) is 18.3 Å². The molecule has 3 aromatic rings. The summed E-state index contributed by atoms with van der Waals surface area (Å²) in [5.74, 6) is 0.376. The Morgan fingerprint density at radius 3 is 2.22 bits per heavy atom. The molecule has 0 aliphatic rings. The normalized spacial score (nSPS) is 15.0. The quantitative estimate of drug-likeness (QED) is 0.307. The van der Waals surface area contributed by atoms with Crippen molar-refractivity contribution in [2.75, 3.05) is 12.0 Å². The molecular formula is C19H20N4O4. The predicted octanol–water partition coefficient (Wildman–Crippen LogP) is 0.770. The largest absolute Gasteiger partial charge is 0.394 e. The molecule has 0 saturated carbocycles. The maximum atomic E-state index is 9.81. The highest BCUT2D eigenvalue weighted by molar-refractivity contribution is 5.83. The Labute approximate surface area is 155 Å². The summed E-state index contributed by atoms with van der Waals surface area (Å²) >= 11 is 0. The van der Waals surface area contributed by atoms with Gasteiger partial charge < -0.3 is 20.4 Å². The van der Waals surface area contributed by atoms with Crippen molar-refractivity contribution in [3.8, 4) is 11.3 Å². The van der Waals surface area contributed by atoms with E-state index in [9.17, 15) is 15.3 Å². The molecule has 0 aliphatic carbocycles. The van der Waals surface area contributed by atoms with Crippen molar-refractivity contribution in [1.82, 2.24) is 9.97 Å². The average Bonchev–Trinajstić information content (AvgIpc) is 2.72. The van der Waals surface area contributed by atoms with E-state index in [0.29, 0.717) is 17.0 Å². The van der Waals surface area contributed by atoms with Gasteiger partial charge in [-0.15, -0.1) is 0 Å². The number of benzene rings is 2. The summed E-state index contributed by atoms with van der Waals surface area (Å²) in [5.41, 5.74) is 5.55. The van der Waals surface area contributed by atoms with Crippen LogP contribution in [-0.4, -0.2) is 61.5 Å². The minimum atomic E-state index is -1.56. The van der Waals surface area contributed by atoms with Crippen molar-refractivity contribution < 1.29 is 20.4 Å². The number of aliphatic hydroxyl groups excluding tert-OH is 4. The second kappa shape index (κ2) is 8.65. The van der Waals surface area contributed by atoms with Crippen LogP contribution in [0.15, 0.2) is 59.7 Å². The molecule has 0 aliphatic heterocycles. The Hall–Kier alpha value is -2.91. The molecule has 2 aromatic carbocycles. The van der Waals surface area contributed by atoms with Crippen LogP contribution in [0.1, 0.15) is 0 Å². The number of anilines is 1. The molecule has 8 heteroatoms. The summed E-state index contributed by atoms with van der Waals surface area (Å²) in [6.07, 6.45) is -3.47. The number of aliphatic hydroxyl groups is 4. The third kappa shape index (κ3) is 4.44. The topological polar surface area (TPSA) is 131 Å². The minimum absolute atomic E-state index is 0.376. The van der Waals surface area contributed by atoms with Crippen LogP contribution in [0.3, 0.4) is 0 Å². The first-order valence-corrected chi connectivity index (χ1v) is 8.36. The van der Waals surface area contributed by atoms with Gasteiger partial charge in [0.1, 0.15) is 24.0 Å². The summed E-state index contributed by atoms with van der Waals surface area (Å²) in [6.45, 7) is -0.673. The number of hydrogen-bond acceptors (Lipinski definition) is 8. The molecule has 27 heavy (non-hydrogen) atoms. The van der Waals surface area contributed by atoms with Gasteiger partial charge in [-0.3, -0.25) is 5.43 Å². The van der Waals surface area contributed by atoms with Crippen molar-refractivity contribution in [3.63, 3.8) is 0 Å². The van der Waals surface area contributed by atoms with Crippen LogP contribution in [0, 0.1) is 0 Å². The third-order valence-corrected chi connectivity index (χ3v) is 3.95. The highest BCUT2D eigenvalue weighted by atomic mass is 16.4. The molecule has 3 rings (SSSR count). The molecule has 0 spiro atoms. The van der Waals surface area contributed by atoms with Gasteiger partial charge in [-0.25, -0.2) is 9.97 Å². The highest BCUT2D eigenvalue weighted by Gasteiger charge is 2.22. The summed E-state index contributed by atoms with van der Waals surface area (Å²) in [7, 11) is 0. The second-order valence-corrected chi connectivity index (χ2v) is 5.90. The Kier molecular flexibility index (Phi) is 6.05. The highest BCUT2D eigenvalue weighted by Crippen LogP contribution is 2.26. The van der Waals surface area contributed by atoms with Crippen LogP contribution in [-0.2, 0) is 0 Å². The van der Waals surface area contributed by atoms with E-state index in [1.165, 1.54) is 0 Å². The van der Waals surface area contributed by atoms with E-state index in [-0.39, 0.29) is 0 Å². The fourth-order valence-corrected chi connectivity index (χ4v) is 2.47. The van der Waals surface area contributed by atoms with E-state index < -0.39 is 24.9 Å². The molecule has 1 unspecified atom stereocenters. The van der Waals surface area contributed by atoms with Gasteiger partial charge in [0.05, 0.1) is 23.9 Å². The lowest BCUT2D eigenvalue weighted by Gasteiger charge is -2.18. The molecule has 8 nitrogen and oxygen atoms in total. The van der Waals surface area contributed by atoms with Gasteiger partial charge in [0.2, 0.25) is 0 Å². The monoisotopic (exact) mass is 368 g/mol. The molecule has 0 fully saturated rings. The number of hydrogen-bond donors (Lipinski definition) is 5. The maximum Gasteiger partial charge on any atom is 0.173 e. The van der Waals surface area contributed by atoms with Gasteiger partial charge in [0.25, 0.3) is 0 Å². The Morgan fingerprint density at radius 1 is 0.926 bits per heavy atom. The number of fused-ring (bicyclic) bond motifs is 1. The molecular weight excluding hydrogens is 348 g/mol. The van der Waals surface area contributed by atoms with Crippen LogP contribution in [0.25, 0.3) is 22.3 Å². The van der Waals surface area contributed by atoms with Crippen LogP contribution in [0.2, 0.25) is 0 Å². The Morgan fingerprint density at radius 2 is 1.56 bits per heavy atom. The van der Waals surface area contributed by atoms with E-state index in [0.717, 1.165) is 17.3 Å². The van der Waals surface area contributed by atoms with Crippen LogP contribution >= 0.6 is 0 Å². The lowest BCUT2D eigenvalue weighted by Crippen LogP contribution is -2.40. The Bertz CT molecular complexity index is 920. The lowest BCUT2D eigenvalue weighted by molar-refractivity contribution is -0.0541. The van der Waals surface area contributed by atoms with Gasteiger partial charge in [-0.2, -0.15) is 5.10 Å². The van der Waals surface area contributed by atoms with E-state index >= 15 is 0 Å². The van der Waals surface area contributed by atoms with E-state index in [4.69, 9.17) is 5.11 Å². The van der Waals surface area contributed by atoms with Crippen LogP contribution in [0.4, 0.5) is 5.82 Å². The predicted molar refractivity (Wildman–Crippen MR) is 102 cm³/mol. The van der Waals surface area contributed by atoms with E-state index in [1.54, 1.807) is 0 Å². The summed E-state index contributed by atoms with van der Waals surface area (Å²) in [4.78, 5) is 9.16. The number of rotatable bonds is 7. The van der Waals surface area contributed by atoms with Crippen LogP contribution < -0.4 is 5.43 Å². The molecule has 5 N–H and O–H groups in total. The zero-order chi connectivity index (χ0) is 19.2. The number of para-hydroxylation sites is 2. The van der Waals surface area contributed by atoms with Gasteiger partial charge in [0.15, 0.2) is 5.82 Å². The summed E-state index contributed by atoms with van der Waals surface area (Å²) in [5, 5.41) is 41.5. The lowest BCUT2D eigenvalue weighted by atomic mass is 10.1. The summed E-state index contributed by atoms with van der Waals surface area (Å²) < 4.78 is 0. The molecule has 1 aromatic heterocycles. The Balaban J connectivity index is 1.90. The fraction of sp³-hybridized carbons (Fsp3) is 0.211. The van der Waals surface area contributed by atoms with Gasteiger partial charge >= 0.3 is 0 Å². The standard InChI is InChI=1S/C19H20N4O4/c24-11-16(26)18(27)15(25)10-20-23-19-17(12-6-2-1-3-7-12)21-13-8-4-5-9-14(13)22-19/h1-10,15-16,18,24-27H,11H2,(H,22,23)/b20-10+/t15?,16-,18-/m1/s1. The van der Waals surface area contributed by atoms with Crippen molar-refractivity contribution in [2.24, 2.45) is 5.10 Å². The zero-order valence-electron chi connectivity index (χ0n) is 14.3. The number of nitrogens with one attached hydrogen (secondary N) is 1. The molecule has 0 radical (unpaired) electrons. The van der Waals surface area contributed by atoms with E-state index in [2.05, 4.69) is 20.5 Å². The van der Waals surface area contributed by atoms with E-state index in [1.807, 2.05) is 54.6 Å². The third-order valence-electron chi connectivity index (χ3n) is 3.95. The molecule has 0 amide bonds. The molecule has 140 valence electrons. The van der Waals surface area contributed by atoms with Gasteiger partial charge in [-0.05, 0) is 12.1 Å². The van der Waals surface area contributed by atoms with Gasteiger partial charge in [0, 0.05) is 5.56 Å². The van der Waals surface area contributed by atoms with Gasteiger partial charge in [-0.1, -0.05) is 42.5 Å². The number of nitrogens with zero attached hydrogens (tertiary/aromatic N) is 3. The SMILES string of the molecule is OC[C@@H](O)[C@H](O)C(O)/C=N/Nc1nc2ccccc2nc1-c1ccccc1. The number of aromatic nitrogens is 2. The second-order valence-electron chi connectivity index (χ2n) is 5.90. The molecule has 3 atom stereocenters. The maximum absolute atomic E-state index is 9.81. The first-order chi connectivity index (χ1) is 13.1. The van der Waals surface area contributed by atoms with Crippen LogP contribution in [0.5, 0.6) is 0 Å². The average molecular weight is 368 g/mol. The minimum Gasteiger partial charge on any atom is -0.394 e. The van der Waals surface area contributed by atoms with Crippen molar-refractivity contribution in [3.05, 3.63) is 54.6 Å². The zero-order valence-corrected chi connectivity index (χ0v) is 14.3. The molecule has 0 bridgehead atoms. The summed E-state index contributed by atoms with van der Waals surface area (Å²) in [6, 6.07) is 16.9. The number of hydrazone groups is 1. The first kappa shape index (κ1) is 18.9. The van der Waals surface area contributed by atoms with Crippen molar-refractivity contribution in [1.29, 1.82) is 0 Å². The van der Waals surface area contributed by atoms with Crippen molar-refractivity contribution >= 4 is 23.1 Å². The molecule has 1 heterocycles. The smallest absolute Gasteiger partial charge is 0.173 e. The fourth-order valence-electron chi connectivity index (χ4n) is 2.47. The first-order valence-electron chi connectivity index (χ1n) is 8.36.